The Kier molecular flexibility index (Phi) is 7.68. The van der Waals surface area contributed by atoms with Crippen LogP contribution in [0.15, 0.2) is 60.8 Å². The second-order valence-corrected chi connectivity index (χ2v) is 10.3. The van der Waals surface area contributed by atoms with Gasteiger partial charge in [-0.2, -0.15) is 0 Å². The average Bonchev–Trinajstić information content (AvgIpc) is 3.35. The Morgan fingerprint density at radius 1 is 0.950 bits per heavy atom. The number of nitrogens with one attached hydrogen (secondary N) is 1. The first-order valence-corrected chi connectivity index (χ1v) is 13.7. The lowest BCUT2D eigenvalue weighted by Crippen LogP contribution is -2.41. The van der Waals surface area contributed by atoms with Gasteiger partial charge in [-0.05, 0) is 53.9 Å². The number of methoxy groups -OCH3 is 2. The third kappa shape index (κ3) is 5.54. The molecule has 4 aromatic rings. The van der Waals surface area contributed by atoms with E-state index in [1.54, 1.807) is 14.2 Å². The molecule has 0 atom stereocenters. The van der Waals surface area contributed by atoms with Crippen LogP contribution in [0, 0.1) is 0 Å². The average molecular weight is 542 g/mol. The second-order valence-electron chi connectivity index (χ2n) is 10.3. The Morgan fingerprint density at radius 2 is 1.70 bits per heavy atom. The van der Waals surface area contributed by atoms with Gasteiger partial charge in [0, 0.05) is 50.2 Å². The molecule has 9 nitrogen and oxygen atoms in total. The monoisotopic (exact) mass is 541 g/mol. The Hall–Kier alpha value is -3.92. The Morgan fingerprint density at radius 3 is 2.45 bits per heavy atom. The summed E-state index contributed by atoms with van der Waals surface area (Å²) in [6, 6.07) is 18.3. The van der Waals surface area contributed by atoms with Crippen molar-refractivity contribution >= 4 is 17.2 Å². The molecule has 9 heteroatoms. The van der Waals surface area contributed by atoms with E-state index in [1.807, 2.05) is 42.5 Å². The number of imidazole rings is 1. The lowest BCUT2D eigenvalue weighted by Gasteiger charge is -2.29. The summed E-state index contributed by atoms with van der Waals surface area (Å²) in [6.07, 6.45) is 3.02. The second kappa shape index (κ2) is 11.7. The van der Waals surface area contributed by atoms with E-state index in [0.29, 0.717) is 19.8 Å². The molecular weight excluding hydrogens is 506 g/mol. The van der Waals surface area contributed by atoms with Crippen LogP contribution in [0.5, 0.6) is 11.5 Å². The van der Waals surface area contributed by atoms with Crippen LogP contribution in [-0.4, -0.2) is 78.7 Å². The molecule has 2 aliphatic heterocycles. The number of fused-ring (bicyclic) bond motifs is 2. The Bertz CT molecular complexity index is 1490. The predicted octanol–water partition coefficient (Wildman–Crippen LogP) is 3.85. The SMILES string of the molecule is COc1cc2c(cc1OC)CN(Cc1c(-c3ccc(NC(=O)CN4CCOCC4)cc3)nc3ccccn13)CC2. The molecule has 208 valence electrons. The van der Waals surface area contributed by atoms with Gasteiger partial charge in [0.05, 0.1) is 45.4 Å². The van der Waals surface area contributed by atoms with Gasteiger partial charge >= 0.3 is 0 Å². The fourth-order valence-electron chi connectivity index (χ4n) is 5.59. The summed E-state index contributed by atoms with van der Waals surface area (Å²) in [5.74, 6) is 1.53. The van der Waals surface area contributed by atoms with E-state index >= 15 is 0 Å². The number of carbonyl (C=O) groups is 1. The predicted molar refractivity (Wildman–Crippen MR) is 154 cm³/mol. The first kappa shape index (κ1) is 26.3. The van der Waals surface area contributed by atoms with Crippen molar-refractivity contribution in [2.75, 3.05) is 58.9 Å². The van der Waals surface area contributed by atoms with Gasteiger partial charge in [0.25, 0.3) is 0 Å². The number of aromatic nitrogens is 2. The van der Waals surface area contributed by atoms with Crippen LogP contribution >= 0.6 is 0 Å². The van der Waals surface area contributed by atoms with Crippen molar-refractivity contribution in [3.8, 4) is 22.8 Å². The normalized spacial score (nSPS) is 16.1. The minimum atomic E-state index is -0.0114. The maximum atomic E-state index is 12.6. The van der Waals surface area contributed by atoms with Crippen LogP contribution in [0.1, 0.15) is 16.8 Å². The zero-order valence-electron chi connectivity index (χ0n) is 23.1. The van der Waals surface area contributed by atoms with Crippen molar-refractivity contribution in [1.29, 1.82) is 0 Å². The van der Waals surface area contributed by atoms with Crippen molar-refractivity contribution in [3.63, 3.8) is 0 Å². The number of benzene rings is 2. The van der Waals surface area contributed by atoms with Gasteiger partial charge in [-0.25, -0.2) is 4.98 Å². The molecule has 2 aromatic carbocycles. The maximum absolute atomic E-state index is 12.6. The van der Waals surface area contributed by atoms with Crippen LogP contribution in [0.2, 0.25) is 0 Å². The lowest BCUT2D eigenvalue weighted by molar-refractivity contribution is -0.118. The van der Waals surface area contributed by atoms with Crippen molar-refractivity contribution < 1.29 is 19.0 Å². The first-order chi connectivity index (χ1) is 19.6. The lowest BCUT2D eigenvalue weighted by atomic mass is 9.98. The topological polar surface area (TPSA) is 80.6 Å². The number of amides is 1. The summed E-state index contributed by atoms with van der Waals surface area (Å²) in [6.45, 7) is 5.82. The Labute approximate surface area is 234 Å². The van der Waals surface area contributed by atoms with Gasteiger partial charge in [-0.15, -0.1) is 0 Å². The molecule has 4 heterocycles. The number of nitrogens with zero attached hydrogens (tertiary/aromatic N) is 4. The first-order valence-electron chi connectivity index (χ1n) is 13.7. The van der Waals surface area contributed by atoms with Crippen molar-refractivity contribution in [2.24, 2.45) is 0 Å². The molecule has 0 saturated carbocycles. The molecule has 40 heavy (non-hydrogen) atoms. The minimum absolute atomic E-state index is 0.0114. The standard InChI is InChI=1S/C31H35N5O4/c1-38-27-17-23-10-12-35(19-24(23)18-28(27)39-2)20-26-31(33-29-5-3-4-11-36(26)29)22-6-8-25(9-7-22)32-30(37)21-34-13-15-40-16-14-34/h3-9,11,17-18H,10,12-16,19-21H2,1-2H3,(H,32,37). The largest absolute Gasteiger partial charge is 0.493 e. The van der Waals surface area contributed by atoms with E-state index in [0.717, 1.165) is 78.9 Å². The number of morpholine rings is 1. The summed E-state index contributed by atoms with van der Waals surface area (Å²) in [7, 11) is 3.36. The van der Waals surface area contributed by atoms with E-state index in [-0.39, 0.29) is 5.91 Å². The molecule has 0 aliphatic carbocycles. The van der Waals surface area contributed by atoms with E-state index in [9.17, 15) is 4.79 Å². The summed E-state index contributed by atoms with van der Waals surface area (Å²) >= 11 is 0. The van der Waals surface area contributed by atoms with Crippen LogP contribution in [0.3, 0.4) is 0 Å². The van der Waals surface area contributed by atoms with Crippen molar-refractivity contribution in [1.82, 2.24) is 19.2 Å². The molecular formula is C31H35N5O4. The zero-order chi connectivity index (χ0) is 27.5. The van der Waals surface area contributed by atoms with Gasteiger partial charge in [0.1, 0.15) is 5.65 Å². The molecule has 2 aliphatic rings. The van der Waals surface area contributed by atoms with Gasteiger partial charge in [0.2, 0.25) is 5.91 Å². The molecule has 1 amide bonds. The maximum Gasteiger partial charge on any atom is 0.238 e. The molecule has 0 radical (unpaired) electrons. The fraction of sp³-hybridized carbons (Fsp3) is 0.355. The minimum Gasteiger partial charge on any atom is -0.493 e. The van der Waals surface area contributed by atoms with Gasteiger partial charge < -0.3 is 23.9 Å². The van der Waals surface area contributed by atoms with Crippen LogP contribution < -0.4 is 14.8 Å². The quantitative estimate of drug-likeness (QED) is 0.363. The summed E-state index contributed by atoms with van der Waals surface area (Å²) < 4.78 is 18.6. The molecule has 1 N–H and O–H groups in total. The number of carbonyl (C=O) groups excluding carboxylic acids is 1. The smallest absolute Gasteiger partial charge is 0.238 e. The fourth-order valence-corrected chi connectivity index (χ4v) is 5.59. The molecule has 6 rings (SSSR count). The van der Waals surface area contributed by atoms with E-state index in [1.165, 1.54) is 11.1 Å². The highest BCUT2D eigenvalue weighted by Crippen LogP contribution is 2.34. The summed E-state index contributed by atoms with van der Waals surface area (Å²) in [5.41, 5.74) is 7.38. The van der Waals surface area contributed by atoms with Crippen LogP contribution in [-0.2, 0) is 29.0 Å². The molecule has 2 aromatic heterocycles. The summed E-state index contributed by atoms with van der Waals surface area (Å²) in [5, 5.41) is 3.03. The van der Waals surface area contributed by atoms with E-state index in [2.05, 4.69) is 37.8 Å². The van der Waals surface area contributed by atoms with Gasteiger partial charge in [-0.1, -0.05) is 18.2 Å². The van der Waals surface area contributed by atoms with Gasteiger partial charge in [0.15, 0.2) is 11.5 Å². The zero-order valence-corrected chi connectivity index (χ0v) is 23.1. The van der Waals surface area contributed by atoms with Gasteiger partial charge in [-0.3, -0.25) is 14.6 Å². The third-order valence-electron chi connectivity index (χ3n) is 7.71. The number of pyridine rings is 1. The number of hydrogen-bond acceptors (Lipinski definition) is 7. The van der Waals surface area contributed by atoms with E-state index in [4.69, 9.17) is 19.2 Å². The number of anilines is 1. The molecule has 1 saturated heterocycles. The number of rotatable bonds is 8. The molecule has 0 spiro atoms. The third-order valence-corrected chi connectivity index (χ3v) is 7.71. The van der Waals surface area contributed by atoms with Crippen LogP contribution in [0.4, 0.5) is 5.69 Å². The highest BCUT2D eigenvalue weighted by molar-refractivity contribution is 5.92. The number of hydrogen-bond donors (Lipinski definition) is 1. The van der Waals surface area contributed by atoms with Crippen molar-refractivity contribution in [2.45, 2.75) is 19.5 Å². The molecule has 0 bridgehead atoms. The summed E-state index contributed by atoms with van der Waals surface area (Å²) in [4.78, 5) is 22.1. The van der Waals surface area contributed by atoms with Crippen molar-refractivity contribution in [3.05, 3.63) is 77.6 Å². The highest BCUT2D eigenvalue weighted by Gasteiger charge is 2.23. The van der Waals surface area contributed by atoms with E-state index < -0.39 is 0 Å². The Balaban J connectivity index is 1.21. The van der Waals surface area contributed by atoms with Crippen LogP contribution in [0.25, 0.3) is 16.9 Å². The highest BCUT2D eigenvalue weighted by atomic mass is 16.5. The number of ether oxygens (including phenoxy) is 3. The molecule has 1 fully saturated rings. The molecule has 0 unspecified atom stereocenters.